The van der Waals surface area contributed by atoms with Crippen molar-refractivity contribution < 1.29 is 23.5 Å². The van der Waals surface area contributed by atoms with E-state index in [0.29, 0.717) is 11.4 Å². The second-order valence-corrected chi connectivity index (χ2v) is 5.77. The molecule has 2 aromatic rings. The molecule has 2 aromatic carbocycles. The molecule has 0 spiro atoms. The minimum absolute atomic E-state index is 0.116. The summed E-state index contributed by atoms with van der Waals surface area (Å²) in [5.41, 5.74) is 1.37. The van der Waals surface area contributed by atoms with Crippen LogP contribution in [0.4, 0.5) is 10.1 Å². The Labute approximate surface area is 149 Å². The number of esters is 1. The van der Waals surface area contributed by atoms with Crippen molar-refractivity contribution in [1.29, 1.82) is 0 Å². The van der Waals surface area contributed by atoms with Crippen LogP contribution in [0.3, 0.4) is 0 Å². The van der Waals surface area contributed by atoms with Gasteiger partial charge in [0, 0.05) is 5.69 Å². The Bertz CT molecular complexity index is 764. The first-order valence-electron chi connectivity index (χ1n) is 7.50. The van der Waals surface area contributed by atoms with Gasteiger partial charge in [0.15, 0.2) is 12.7 Å². The van der Waals surface area contributed by atoms with Crippen molar-refractivity contribution in [2.24, 2.45) is 0 Å². The Balaban J connectivity index is 1.80. The number of hydrogen-bond donors (Lipinski definition) is 1. The highest BCUT2D eigenvalue weighted by Gasteiger charge is 2.18. The smallest absolute Gasteiger partial charge is 0.347 e. The average molecular weight is 366 g/mol. The third kappa shape index (κ3) is 5.76. The molecule has 132 valence electrons. The molecular weight excluding hydrogens is 349 g/mol. The molecule has 1 unspecified atom stereocenters. The highest BCUT2D eigenvalue weighted by molar-refractivity contribution is 6.31. The number of nitrogens with one attached hydrogen (secondary N) is 1. The fourth-order valence-electron chi connectivity index (χ4n) is 1.89. The van der Waals surface area contributed by atoms with Crippen molar-refractivity contribution >= 4 is 29.2 Å². The molecule has 2 rings (SSSR count). The number of rotatable bonds is 6. The van der Waals surface area contributed by atoms with Gasteiger partial charge in [-0.05, 0) is 44.2 Å². The van der Waals surface area contributed by atoms with Crippen molar-refractivity contribution in [3.8, 4) is 5.75 Å². The summed E-state index contributed by atoms with van der Waals surface area (Å²) in [6.07, 6.45) is -0.865. The molecule has 7 heteroatoms. The van der Waals surface area contributed by atoms with Gasteiger partial charge in [-0.15, -0.1) is 0 Å². The third-order valence-electron chi connectivity index (χ3n) is 3.21. The molecule has 25 heavy (non-hydrogen) atoms. The molecule has 0 saturated heterocycles. The van der Waals surface area contributed by atoms with Crippen LogP contribution in [0.2, 0.25) is 5.02 Å². The van der Waals surface area contributed by atoms with Crippen molar-refractivity contribution in [1.82, 2.24) is 0 Å². The van der Waals surface area contributed by atoms with Gasteiger partial charge in [0.05, 0.1) is 5.02 Å². The molecular formula is C18H17ClFNO4. The highest BCUT2D eigenvalue weighted by atomic mass is 35.5. The quantitative estimate of drug-likeness (QED) is 0.792. The molecule has 1 amide bonds. The monoisotopic (exact) mass is 365 g/mol. The van der Waals surface area contributed by atoms with Crippen LogP contribution in [-0.4, -0.2) is 24.6 Å². The van der Waals surface area contributed by atoms with Crippen molar-refractivity contribution in [3.05, 3.63) is 58.9 Å². The molecule has 0 aliphatic rings. The number of hydrogen-bond acceptors (Lipinski definition) is 4. The van der Waals surface area contributed by atoms with E-state index >= 15 is 0 Å². The lowest BCUT2D eigenvalue weighted by Crippen LogP contribution is -2.29. The summed E-state index contributed by atoms with van der Waals surface area (Å²) in [5, 5.41) is 2.34. The third-order valence-corrected chi connectivity index (χ3v) is 3.50. The maximum Gasteiger partial charge on any atom is 0.347 e. The van der Waals surface area contributed by atoms with Crippen LogP contribution in [0.5, 0.6) is 5.75 Å². The van der Waals surface area contributed by atoms with E-state index in [1.54, 1.807) is 12.1 Å². The molecule has 0 heterocycles. The van der Waals surface area contributed by atoms with Gasteiger partial charge in [0.25, 0.3) is 5.91 Å². The first-order valence-corrected chi connectivity index (χ1v) is 7.88. The largest absolute Gasteiger partial charge is 0.479 e. The summed E-state index contributed by atoms with van der Waals surface area (Å²) in [5.74, 6) is -1.31. The Morgan fingerprint density at radius 1 is 1.20 bits per heavy atom. The zero-order valence-electron chi connectivity index (χ0n) is 13.7. The molecule has 0 fully saturated rings. The Morgan fingerprint density at radius 2 is 1.88 bits per heavy atom. The molecule has 0 aromatic heterocycles. The zero-order chi connectivity index (χ0) is 18.4. The molecule has 0 aliphatic carbocycles. The zero-order valence-corrected chi connectivity index (χ0v) is 14.5. The van der Waals surface area contributed by atoms with Gasteiger partial charge in [0.2, 0.25) is 0 Å². The van der Waals surface area contributed by atoms with Crippen molar-refractivity contribution in [2.75, 3.05) is 11.9 Å². The number of anilines is 1. The second-order valence-electron chi connectivity index (χ2n) is 5.36. The van der Waals surface area contributed by atoms with Gasteiger partial charge >= 0.3 is 5.97 Å². The van der Waals surface area contributed by atoms with Crippen LogP contribution < -0.4 is 10.1 Å². The molecule has 5 nitrogen and oxygen atoms in total. The Hall–Kier alpha value is -2.60. The summed E-state index contributed by atoms with van der Waals surface area (Å²) in [6, 6.07) is 10.9. The van der Waals surface area contributed by atoms with Gasteiger partial charge in [-0.2, -0.15) is 0 Å². The standard InChI is InChI=1S/C18H17ClFNO4/c1-11-3-6-14(7-4-11)25-12(2)18(23)24-10-17(22)21-13-5-8-16(20)15(19)9-13/h3-9,12H,10H2,1-2H3,(H,21,22). The first-order chi connectivity index (χ1) is 11.8. The summed E-state index contributed by atoms with van der Waals surface area (Å²) in [7, 11) is 0. The SMILES string of the molecule is Cc1ccc(OC(C)C(=O)OCC(=O)Nc2ccc(F)c(Cl)c2)cc1. The topological polar surface area (TPSA) is 64.6 Å². The normalized spacial score (nSPS) is 11.5. The van der Waals surface area contributed by atoms with Crippen LogP contribution in [0.15, 0.2) is 42.5 Å². The van der Waals surface area contributed by atoms with E-state index in [4.69, 9.17) is 21.1 Å². The van der Waals surface area contributed by atoms with Crippen LogP contribution in [0.25, 0.3) is 0 Å². The van der Waals surface area contributed by atoms with Crippen LogP contribution in [-0.2, 0) is 14.3 Å². The number of amides is 1. The van der Waals surface area contributed by atoms with Gasteiger partial charge in [-0.25, -0.2) is 9.18 Å². The average Bonchev–Trinajstić information content (AvgIpc) is 2.58. The lowest BCUT2D eigenvalue weighted by molar-refractivity contribution is -0.153. The summed E-state index contributed by atoms with van der Waals surface area (Å²) < 4.78 is 23.4. The fourth-order valence-corrected chi connectivity index (χ4v) is 2.07. The van der Waals surface area contributed by atoms with E-state index in [1.807, 2.05) is 19.1 Å². The van der Waals surface area contributed by atoms with Crippen LogP contribution in [0.1, 0.15) is 12.5 Å². The maximum atomic E-state index is 13.1. The number of carbonyl (C=O) groups excluding carboxylic acids is 2. The summed E-state index contributed by atoms with van der Waals surface area (Å²) in [6.45, 7) is 2.98. The van der Waals surface area contributed by atoms with Gasteiger partial charge in [-0.3, -0.25) is 4.79 Å². The maximum absolute atomic E-state index is 13.1. The van der Waals surface area contributed by atoms with E-state index in [1.165, 1.54) is 19.1 Å². The summed E-state index contributed by atoms with van der Waals surface area (Å²) in [4.78, 5) is 23.6. The van der Waals surface area contributed by atoms with E-state index in [2.05, 4.69) is 5.32 Å². The predicted molar refractivity (Wildman–Crippen MR) is 92.3 cm³/mol. The van der Waals surface area contributed by atoms with E-state index in [9.17, 15) is 14.0 Å². The molecule has 0 bridgehead atoms. The fraction of sp³-hybridized carbons (Fsp3) is 0.222. The molecule has 0 saturated carbocycles. The summed E-state index contributed by atoms with van der Waals surface area (Å²) >= 11 is 5.62. The van der Waals surface area contributed by atoms with E-state index < -0.39 is 30.4 Å². The van der Waals surface area contributed by atoms with Crippen molar-refractivity contribution in [2.45, 2.75) is 20.0 Å². The molecule has 1 N–H and O–H groups in total. The second kappa shape index (κ2) is 8.48. The highest BCUT2D eigenvalue weighted by Crippen LogP contribution is 2.19. The number of ether oxygens (including phenoxy) is 2. The number of carbonyl (C=O) groups is 2. The van der Waals surface area contributed by atoms with Gasteiger partial charge in [-0.1, -0.05) is 29.3 Å². The lowest BCUT2D eigenvalue weighted by atomic mass is 10.2. The minimum Gasteiger partial charge on any atom is -0.479 e. The Kier molecular flexibility index (Phi) is 6.36. The van der Waals surface area contributed by atoms with E-state index in [0.717, 1.165) is 11.6 Å². The molecule has 0 radical (unpaired) electrons. The minimum atomic E-state index is -0.865. The molecule has 0 aliphatic heterocycles. The first kappa shape index (κ1) is 18.7. The predicted octanol–water partition coefficient (Wildman–Crippen LogP) is 3.74. The number of aryl methyl sites for hydroxylation is 1. The van der Waals surface area contributed by atoms with E-state index in [-0.39, 0.29) is 5.02 Å². The van der Waals surface area contributed by atoms with Crippen LogP contribution >= 0.6 is 11.6 Å². The van der Waals surface area contributed by atoms with Crippen LogP contribution in [0, 0.1) is 12.7 Å². The number of benzene rings is 2. The number of halogens is 2. The van der Waals surface area contributed by atoms with Gasteiger partial charge in [0.1, 0.15) is 11.6 Å². The Morgan fingerprint density at radius 3 is 2.52 bits per heavy atom. The van der Waals surface area contributed by atoms with Gasteiger partial charge < -0.3 is 14.8 Å². The van der Waals surface area contributed by atoms with Crippen molar-refractivity contribution in [3.63, 3.8) is 0 Å². The lowest BCUT2D eigenvalue weighted by Gasteiger charge is -2.14. The molecule has 1 atom stereocenters.